The predicted molar refractivity (Wildman–Crippen MR) is 106 cm³/mol. The molecule has 2 aromatic carbocycles. The lowest BCUT2D eigenvalue weighted by atomic mass is 10.2. The van der Waals surface area contributed by atoms with Crippen LogP contribution in [-0.4, -0.2) is 33.0 Å². The minimum Gasteiger partial charge on any atom is -0.478 e. The number of thiazole rings is 1. The van der Waals surface area contributed by atoms with Gasteiger partial charge in [0.05, 0.1) is 21.7 Å². The summed E-state index contributed by atoms with van der Waals surface area (Å²) in [6.45, 7) is 1.78. The minimum absolute atomic E-state index is 0.558. The fourth-order valence-corrected chi connectivity index (χ4v) is 3.04. The largest absolute Gasteiger partial charge is 0.478 e. The topological polar surface area (TPSA) is 126 Å². The van der Waals surface area contributed by atoms with Gasteiger partial charge in [-0.3, -0.25) is 0 Å². The Balaban J connectivity index is 0.000000279. The number of hydrogen-bond acceptors (Lipinski definition) is 5. The van der Waals surface area contributed by atoms with Gasteiger partial charge in [0.25, 0.3) is 0 Å². The first-order valence-electron chi connectivity index (χ1n) is 7.76. The van der Waals surface area contributed by atoms with E-state index in [-0.39, 0.29) is 0 Å². The van der Waals surface area contributed by atoms with Gasteiger partial charge >= 0.3 is 11.9 Å². The average Bonchev–Trinajstić information content (AvgIpc) is 3.04. The molecule has 7 nitrogen and oxygen atoms in total. The molecule has 0 atom stereocenters. The average molecular weight is 383 g/mol. The summed E-state index contributed by atoms with van der Waals surface area (Å²) in [5.41, 5.74) is 8.61. The summed E-state index contributed by atoms with van der Waals surface area (Å²) in [5, 5.41) is 16.7. The highest BCUT2D eigenvalue weighted by Gasteiger charge is 2.06. The second kappa shape index (κ2) is 9.25. The Kier molecular flexibility index (Phi) is 6.79. The summed E-state index contributed by atoms with van der Waals surface area (Å²) < 4.78 is 1.13. The summed E-state index contributed by atoms with van der Waals surface area (Å²) in [7, 11) is 0. The zero-order valence-electron chi connectivity index (χ0n) is 14.4. The molecule has 0 radical (unpaired) electrons. The van der Waals surface area contributed by atoms with E-state index in [1.807, 2.05) is 36.4 Å². The van der Waals surface area contributed by atoms with Crippen molar-refractivity contribution in [2.75, 3.05) is 0 Å². The smallest absolute Gasteiger partial charge is 0.328 e. The Bertz CT molecular complexity index is 990. The van der Waals surface area contributed by atoms with Crippen molar-refractivity contribution in [2.45, 2.75) is 6.92 Å². The van der Waals surface area contributed by atoms with Gasteiger partial charge < -0.3 is 15.9 Å². The summed E-state index contributed by atoms with van der Waals surface area (Å²) in [6.07, 6.45) is 1.12. The molecule has 3 rings (SSSR count). The van der Waals surface area contributed by atoms with E-state index in [1.165, 1.54) is 0 Å². The first kappa shape index (κ1) is 19.8. The maximum absolute atomic E-state index is 9.55. The molecule has 0 bridgehead atoms. The second-order valence-corrected chi connectivity index (χ2v) is 6.33. The second-order valence-electron chi connectivity index (χ2n) is 5.30. The van der Waals surface area contributed by atoms with Gasteiger partial charge in [0, 0.05) is 17.7 Å². The van der Waals surface area contributed by atoms with Gasteiger partial charge in [-0.15, -0.1) is 11.3 Å². The van der Waals surface area contributed by atoms with Crippen LogP contribution in [0, 0.1) is 0 Å². The van der Waals surface area contributed by atoms with Gasteiger partial charge in [-0.05, 0) is 25.1 Å². The van der Waals surface area contributed by atoms with Crippen molar-refractivity contribution in [2.24, 2.45) is 10.7 Å². The molecule has 0 amide bonds. The monoisotopic (exact) mass is 383 g/mol. The number of fused-ring (bicyclic) bond motifs is 1. The van der Waals surface area contributed by atoms with Crippen LogP contribution in [0.4, 0.5) is 5.69 Å². The van der Waals surface area contributed by atoms with E-state index in [9.17, 15) is 9.59 Å². The van der Waals surface area contributed by atoms with Gasteiger partial charge in [-0.2, -0.15) is 0 Å². The lowest BCUT2D eigenvalue weighted by Crippen LogP contribution is -2.03. The van der Waals surface area contributed by atoms with Crippen molar-refractivity contribution in [3.63, 3.8) is 0 Å². The quantitative estimate of drug-likeness (QED) is 0.358. The molecule has 0 unspecified atom stereocenters. The van der Waals surface area contributed by atoms with Crippen LogP contribution in [0.5, 0.6) is 0 Å². The van der Waals surface area contributed by atoms with Crippen molar-refractivity contribution in [3.05, 3.63) is 60.7 Å². The van der Waals surface area contributed by atoms with Gasteiger partial charge in [-0.1, -0.05) is 30.3 Å². The molecule has 27 heavy (non-hydrogen) atoms. The zero-order chi connectivity index (χ0) is 19.8. The van der Waals surface area contributed by atoms with E-state index in [0.717, 1.165) is 26.5 Å². The highest BCUT2D eigenvalue weighted by Crippen LogP contribution is 2.32. The summed E-state index contributed by atoms with van der Waals surface area (Å²) in [6, 6.07) is 16.1. The number of aliphatic carboxylic acids is 2. The number of nitrogens with two attached hydrogens (primary N) is 1. The first-order chi connectivity index (χ1) is 12.8. The number of aliphatic imine (C=N–C) groups is 1. The van der Waals surface area contributed by atoms with E-state index < -0.39 is 11.9 Å². The van der Waals surface area contributed by atoms with Crippen LogP contribution in [-0.2, 0) is 9.59 Å². The van der Waals surface area contributed by atoms with Crippen LogP contribution in [0.15, 0.2) is 65.7 Å². The highest BCUT2D eigenvalue weighted by molar-refractivity contribution is 7.21. The number of aromatic nitrogens is 1. The molecule has 0 aliphatic rings. The molecule has 1 aromatic heterocycles. The van der Waals surface area contributed by atoms with Crippen molar-refractivity contribution in [1.29, 1.82) is 0 Å². The molecule has 8 heteroatoms. The lowest BCUT2D eigenvalue weighted by molar-refractivity contribution is -0.134. The minimum atomic E-state index is -1.26. The number of carbonyl (C=O) groups is 2. The number of carboxylic acid groups (broad SMARTS) is 2. The number of rotatable bonds is 4. The number of hydrogen-bond donors (Lipinski definition) is 3. The summed E-state index contributed by atoms with van der Waals surface area (Å²) in [4.78, 5) is 28.0. The van der Waals surface area contributed by atoms with Crippen molar-refractivity contribution >= 4 is 45.0 Å². The SMILES string of the molecule is CC(N)=Nc1ccc2nc(-c3ccccc3)sc2c1.O=C(O)/C=C\C(=O)O. The first-order valence-corrected chi connectivity index (χ1v) is 8.57. The Labute approximate surface area is 159 Å². The third-order valence-corrected chi connectivity index (χ3v) is 4.13. The maximum atomic E-state index is 9.55. The van der Waals surface area contributed by atoms with Crippen molar-refractivity contribution in [1.82, 2.24) is 4.98 Å². The van der Waals surface area contributed by atoms with E-state index in [1.54, 1.807) is 18.3 Å². The van der Waals surface area contributed by atoms with Crippen LogP contribution in [0.25, 0.3) is 20.8 Å². The van der Waals surface area contributed by atoms with Crippen LogP contribution < -0.4 is 5.73 Å². The standard InChI is InChI=1S/C15H13N3S.C4H4O4/c1-10(16)17-12-7-8-13-14(9-12)19-15(18-13)11-5-3-2-4-6-11;5-3(6)1-2-4(7)8/h2-9H,1H3,(H2,16,17);1-2H,(H,5,6)(H,7,8)/b;2-1-. The molecule has 1 heterocycles. The maximum Gasteiger partial charge on any atom is 0.328 e. The molecule has 0 fully saturated rings. The Hall–Kier alpha value is -3.52. The van der Waals surface area contributed by atoms with Crippen LogP contribution in [0.2, 0.25) is 0 Å². The molecular formula is C19H17N3O4S. The zero-order valence-corrected chi connectivity index (χ0v) is 15.2. The summed E-state index contributed by atoms with van der Waals surface area (Å²) >= 11 is 1.67. The Morgan fingerprint density at radius 2 is 1.70 bits per heavy atom. The third kappa shape index (κ3) is 6.37. The fourth-order valence-electron chi connectivity index (χ4n) is 2.03. The van der Waals surface area contributed by atoms with E-state index in [4.69, 9.17) is 15.9 Å². The van der Waals surface area contributed by atoms with Crippen molar-refractivity contribution < 1.29 is 19.8 Å². The molecule has 0 saturated carbocycles. The van der Waals surface area contributed by atoms with Gasteiger partial charge in [-0.25, -0.2) is 19.6 Å². The normalized spacial score (nSPS) is 11.2. The number of carboxylic acids is 2. The fraction of sp³-hybridized carbons (Fsp3) is 0.0526. The Morgan fingerprint density at radius 3 is 2.26 bits per heavy atom. The predicted octanol–water partition coefficient (Wildman–Crippen LogP) is 3.68. The van der Waals surface area contributed by atoms with Gasteiger partial charge in [0.1, 0.15) is 5.01 Å². The molecule has 0 spiro atoms. The molecule has 4 N–H and O–H groups in total. The van der Waals surface area contributed by atoms with Crippen LogP contribution in [0.1, 0.15) is 6.92 Å². The Morgan fingerprint density at radius 1 is 1.07 bits per heavy atom. The molecule has 0 aliphatic heterocycles. The third-order valence-electron chi connectivity index (χ3n) is 3.07. The van der Waals surface area contributed by atoms with Gasteiger partial charge in [0.2, 0.25) is 0 Å². The van der Waals surface area contributed by atoms with Crippen LogP contribution >= 0.6 is 11.3 Å². The van der Waals surface area contributed by atoms with Crippen molar-refractivity contribution in [3.8, 4) is 10.6 Å². The molecule has 0 aliphatic carbocycles. The molecule has 0 saturated heterocycles. The van der Waals surface area contributed by atoms with E-state index in [2.05, 4.69) is 22.1 Å². The number of benzene rings is 2. The van der Waals surface area contributed by atoms with Crippen LogP contribution in [0.3, 0.4) is 0 Å². The van der Waals surface area contributed by atoms with Gasteiger partial charge in [0.15, 0.2) is 0 Å². The van der Waals surface area contributed by atoms with E-state index >= 15 is 0 Å². The molecule has 138 valence electrons. The molecule has 3 aromatic rings. The van der Waals surface area contributed by atoms with E-state index in [0.29, 0.717) is 18.0 Å². The number of amidine groups is 1. The number of nitrogens with zero attached hydrogens (tertiary/aromatic N) is 2. The summed E-state index contributed by atoms with van der Waals surface area (Å²) in [5.74, 6) is -1.95. The lowest BCUT2D eigenvalue weighted by Gasteiger charge is -1.94. The highest BCUT2D eigenvalue weighted by atomic mass is 32.1. The molecular weight excluding hydrogens is 366 g/mol.